The van der Waals surface area contributed by atoms with Crippen molar-refractivity contribution < 1.29 is 53.6 Å². The number of phenolic OH excluding ortho intramolecular Hbond substituents is 1. The highest BCUT2D eigenvalue weighted by Crippen LogP contribution is 2.24. The molecule has 4 rings (SSSR count). The molecule has 3 heterocycles. The van der Waals surface area contributed by atoms with E-state index in [1.807, 2.05) is 0 Å². The van der Waals surface area contributed by atoms with Gasteiger partial charge < -0.3 is 40.2 Å². The van der Waals surface area contributed by atoms with Gasteiger partial charge in [0.15, 0.2) is 0 Å². The quantitative estimate of drug-likeness (QED) is 0.101. The SMILES string of the molecule is CC(=O)CC[C@H]1C(=O)N[C@@H](C(C)C)C(=O)N[C@@H](Cc2cccc(O)c2)C(=O)N2CCCC(N2)C(=O)O[C@H](/C(C)=C/C=C/C(=O)Oc2nn[nH]n2)C/C=C/C=C/[C@H](O)[C@H](C)[C@H]1O. The number of nitrogens with one attached hydrogen (secondary N) is 4. The normalized spacial score (nSPS) is 27.6. The first-order chi connectivity index (χ1) is 29.0. The summed E-state index contributed by atoms with van der Waals surface area (Å²) in [6, 6.07) is 2.51. The van der Waals surface area contributed by atoms with E-state index in [9.17, 15) is 44.1 Å². The molecule has 1 saturated heterocycles. The zero-order valence-electron chi connectivity index (χ0n) is 34.9. The number of aromatic hydroxyl groups is 1. The second kappa shape index (κ2) is 23.1. The van der Waals surface area contributed by atoms with Gasteiger partial charge >= 0.3 is 17.9 Å². The topological polar surface area (TPSA) is 275 Å². The van der Waals surface area contributed by atoms with Crippen LogP contribution >= 0.6 is 0 Å². The lowest BCUT2D eigenvalue weighted by Gasteiger charge is -2.36. The molecule has 19 nitrogen and oxygen atoms in total. The summed E-state index contributed by atoms with van der Waals surface area (Å²) in [4.78, 5) is 80.3. The first-order valence-corrected chi connectivity index (χ1v) is 20.2. The van der Waals surface area contributed by atoms with Crippen LogP contribution in [0.1, 0.15) is 72.3 Å². The van der Waals surface area contributed by atoms with Crippen LogP contribution in [0.4, 0.5) is 0 Å². The molecule has 1 aromatic carbocycles. The lowest BCUT2D eigenvalue weighted by atomic mass is 9.84. The van der Waals surface area contributed by atoms with Gasteiger partial charge in [0.25, 0.3) is 5.91 Å². The maximum atomic E-state index is 14.3. The number of hydrogen-bond acceptors (Lipinski definition) is 15. The van der Waals surface area contributed by atoms with Crippen molar-refractivity contribution >= 4 is 35.4 Å². The number of esters is 2. The van der Waals surface area contributed by atoms with Gasteiger partial charge in [-0.15, -0.1) is 0 Å². The second-order valence-corrected chi connectivity index (χ2v) is 15.5. The highest BCUT2D eigenvalue weighted by Gasteiger charge is 2.38. The number of H-pyrrole nitrogens is 1. The minimum atomic E-state index is -1.44. The lowest BCUT2D eigenvalue weighted by Crippen LogP contribution is -2.62. The molecule has 2 bridgehead atoms. The number of amides is 3. The first-order valence-electron chi connectivity index (χ1n) is 20.2. The molecule has 330 valence electrons. The summed E-state index contributed by atoms with van der Waals surface area (Å²) in [6.07, 6.45) is 7.47. The molecule has 0 radical (unpaired) electrons. The smallest absolute Gasteiger partial charge is 0.363 e. The van der Waals surface area contributed by atoms with Gasteiger partial charge in [-0.25, -0.2) is 10.2 Å². The number of ether oxygens (including phenoxy) is 2. The third-order valence-corrected chi connectivity index (χ3v) is 10.4. The summed E-state index contributed by atoms with van der Waals surface area (Å²) in [5.74, 6) is -6.34. The fourth-order valence-corrected chi connectivity index (χ4v) is 6.75. The number of hydrazine groups is 1. The molecule has 7 N–H and O–H groups in total. The largest absolute Gasteiger partial charge is 0.508 e. The number of phenols is 1. The lowest BCUT2D eigenvalue weighted by molar-refractivity contribution is -0.156. The number of rotatable bonds is 10. The van der Waals surface area contributed by atoms with E-state index in [4.69, 9.17) is 9.47 Å². The predicted molar refractivity (Wildman–Crippen MR) is 218 cm³/mol. The standard InChI is InChI=1S/C42H56N8O11/c1-24(2)36-39(57)43-32(23-28-13-10-14-29(52)22-28)40(58)50-21-11-15-31(47-50)41(59)60-34(25(3)12-9-18-35(54)61-42-45-48-49-46-42)17-8-6-7-16-33(53)27(5)37(55)30(38(56)44-36)20-19-26(4)51/h6-10,12-14,16,18,22,24,27,30-34,36-37,47,52-53,55H,11,15,17,19-21,23H2,1-5H3,(H,43,57)(H,44,56)(H,45,46,48,49)/b8-6+,16-7+,18-9+,25-12+/t27-,30+,31?,32-,33-,34-,36-,37+/m0/s1. The number of allylic oxidation sites excluding steroid dienone is 4. The van der Waals surface area contributed by atoms with E-state index < -0.39 is 83.9 Å². The van der Waals surface area contributed by atoms with E-state index in [0.717, 1.165) is 6.08 Å². The van der Waals surface area contributed by atoms with E-state index in [0.29, 0.717) is 24.0 Å². The monoisotopic (exact) mass is 848 g/mol. The van der Waals surface area contributed by atoms with Gasteiger partial charge in [-0.3, -0.25) is 24.2 Å². The number of aromatic amines is 1. The van der Waals surface area contributed by atoms with Crippen LogP contribution in [0, 0.1) is 17.8 Å². The molecule has 0 saturated carbocycles. The summed E-state index contributed by atoms with van der Waals surface area (Å²) >= 11 is 0. The van der Waals surface area contributed by atoms with Crippen LogP contribution in [0.5, 0.6) is 11.8 Å². The Balaban J connectivity index is 1.70. The van der Waals surface area contributed by atoms with Crippen molar-refractivity contribution in [3.05, 3.63) is 77.9 Å². The molecule has 8 atom stereocenters. The van der Waals surface area contributed by atoms with E-state index in [1.54, 1.807) is 58.1 Å². The minimum absolute atomic E-state index is 0.0425. The summed E-state index contributed by atoms with van der Waals surface area (Å²) in [5.41, 5.74) is 4.02. The Bertz CT molecular complexity index is 1960. The van der Waals surface area contributed by atoms with Gasteiger partial charge in [0.1, 0.15) is 35.8 Å². The first kappa shape index (κ1) is 47.6. The number of carbonyl (C=O) groups is 6. The number of tetrazole rings is 1. The number of Topliss-reactive ketones (excluding diaryl/α,β-unsaturated/α-hetero) is 1. The molecular formula is C42H56N8O11. The number of ketones is 1. The number of cyclic esters (lactones) is 1. The molecule has 1 aromatic heterocycles. The van der Waals surface area contributed by atoms with Crippen LogP contribution in [0.25, 0.3) is 0 Å². The molecule has 1 fully saturated rings. The van der Waals surface area contributed by atoms with Gasteiger partial charge in [-0.1, -0.05) is 79.6 Å². The zero-order chi connectivity index (χ0) is 44.6. The van der Waals surface area contributed by atoms with Gasteiger partial charge in [0.2, 0.25) is 11.8 Å². The summed E-state index contributed by atoms with van der Waals surface area (Å²) in [5, 5.41) is 52.1. The van der Waals surface area contributed by atoms with Crippen LogP contribution in [0.2, 0.25) is 0 Å². The van der Waals surface area contributed by atoms with Gasteiger partial charge in [0, 0.05) is 37.8 Å². The van der Waals surface area contributed by atoms with Crippen molar-refractivity contribution in [2.24, 2.45) is 17.8 Å². The molecule has 2 aliphatic rings. The number of benzene rings is 1. The van der Waals surface area contributed by atoms with Gasteiger partial charge in [0.05, 0.1) is 18.1 Å². The Morgan fingerprint density at radius 3 is 2.54 bits per heavy atom. The van der Waals surface area contributed by atoms with Crippen molar-refractivity contribution in [1.29, 1.82) is 0 Å². The number of fused-ring (bicyclic) bond motifs is 2. The van der Waals surface area contributed by atoms with Crippen molar-refractivity contribution in [1.82, 2.24) is 41.7 Å². The maximum absolute atomic E-state index is 14.3. The van der Waals surface area contributed by atoms with Crippen LogP contribution < -0.4 is 20.8 Å². The Morgan fingerprint density at radius 1 is 1.08 bits per heavy atom. The number of aromatic nitrogens is 4. The fraction of sp³-hybridized carbons (Fsp3) is 0.500. The Labute approximate surface area is 353 Å². The van der Waals surface area contributed by atoms with Gasteiger partial charge in [-0.2, -0.15) is 5.21 Å². The molecule has 2 aliphatic heterocycles. The molecule has 0 spiro atoms. The van der Waals surface area contributed by atoms with E-state index >= 15 is 0 Å². The molecule has 61 heavy (non-hydrogen) atoms. The van der Waals surface area contributed by atoms with Crippen LogP contribution in [-0.2, 0) is 39.9 Å². The van der Waals surface area contributed by atoms with Crippen LogP contribution in [0.3, 0.4) is 0 Å². The molecule has 19 heteroatoms. The third kappa shape index (κ3) is 14.6. The van der Waals surface area contributed by atoms with Crippen LogP contribution in [0.15, 0.2) is 72.4 Å². The average molecular weight is 849 g/mol. The van der Waals surface area contributed by atoms with Crippen molar-refractivity contribution in [2.75, 3.05) is 6.54 Å². The molecule has 3 amide bonds. The molecular weight excluding hydrogens is 793 g/mol. The predicted octanol–water partition coefficient (Wildman–Crippen LogP) is 1.45. The van der Waals surface area contributed by atoms with Crippen molar-refractivity contribution in [2.45, 2.75) is 110 Å². The average Bonchev–Trinajstić information content (AvgIpc) is 3.73. The number of aliphatic hydroxyl groups is 2. The van der Waals surface area contributed by atoms with Crippen molar-refractivity contribution in [3.63, 3.8) is 0 Å². The number of carbonyl (C=O) groups excluding carboxylic acids is 6. The van der Waals surface area contributed by atoms with Crippen LogP contribution in [-0.4, -0.2) is 119 Å². The Morgan fingerprint density at radius 2 is 1.85 bits per heavy atom. The number of aliphatic hydroxyl groups excluding tert-OH is 2. The Hall–Kier alpha value is -6.05. The highest BCUT2D eigenvalue weighted by atomic mass is 16.6. The number of hydrogen-bond donors (Lipinski definition) is 7. The van der Waals surface area contributed by atoms with Crippen molar-refractivity contribution in [3.8, 4) is 11.8 Å². The molecule has 1 unspecified atom stereocenters. The van der Waals surface area contributed by atoms with E-state index in [-0.39, 0.29) is 49.8 Å². The highest BCUT2D eigenvalue weighted by molar-refractivity contribution is 5.93. The Kier molecular flexibility index (Phi) is 18.0. The number of nitrogens with zero attached hydrogens (tertiary/aromatic N) is 4. The van der Waals surface area contributed by atoms with E-state index in [1.165, 1.54) is 42.3 Å². The third-order valence-electron chi connectivity index (χ3n) is 10.4. The zero-order valence-corrected chi connectivity index (χ0v) is 34.9. The summed E-state index contributed by atoms with van der Waals surface area (Å²) in [6.45, 7) is 8.17. The second-order valence-electron chi connectivity index (χ2n) is 15.5. The fourth-order valence-electron chi connectivity index (χ4n) is 6.75. The summed E-state index contributed by atoms with van der Waals surface area (Å²) in [7, 11) is 0. The van der Waals surface area contributed by atoms with Gasteiger partial charge in [-0.05, 0) is 67.5 Å². The maximum Gasteiger partial charge on any atom is 0.363 e. The molecule has 2 aromatic rings. The van der Waals surface area contributed by atoms with E-state index in [2.05, 4.69) is 36.7 Å². The summed E-state index contributed by atoms with van der Waals surface area (Å²) < 4.78 is 10.9. The molecule has 0 aliphatic carbocycles. The minimum Gasteiger partial charge on any atom is -0.508 e.